The molecule has 0 aliphatic carbocycles. The van der Waals surface area contributed by atoms with Crippen LogP contribution in [0, 0.1) is 0 Å². The predicted molar refractivity (Wildman–Crippen MR) is 35.8 cm³/mol. The summed E-state index contributed by atoms with van der Waals surface area (Å²) >= 11 is 2.61. The lowest BCUT2D eigenvalue weighted by Crippen LogP contribution is -2.14. The highest BCUT2D eigenvalue weighted by atomic mass is 79.9. The highest BCUT2D eigenvalue weighted by Crippen LogP contribution is 2.01. The summed E-state index contributed by atoms with van der Waals surface area (Å²) in [5, 5.41) is 17.9. The van der Waals surface area contributed by atoms with Crippen molar-refractivity contribution in [3.05, 3.63) is 10.7 Å². The van der Waals surface area contributed by atoms with Crippen molar-refractivity contribution < 1.29 is 19.8 Å². The van der Waals surface area contributed by atoms with Crippen molar-refractivity contribution in [2.24, 2.45) is 0 Å². The number of rotatable bonds is 2. The van der Waals surface area contributed by atoms with Gasteiger partial charge in [0, 0.05) is 6.20 Å². The summed E-state index contributed by atoms with van der Waals surface area (Å²) in [6, 6.07) is 0. The van der Waals surface area contributed by atoms with Gasteiger partial charge in [-0.05, 0) is 15.9 Å². The quantitative estimate of drug-likeness (QED) is 0.581. The molecular weight excluding hydrogens is 206 g/mol. The van der Waals surface area contributed by atoms with Gasteiger partial charge in [-0.25, -0.2) is 9.59 Å². The SMILES string of the molecule is O=C(O)NC=C(Br)C(=O)O. The first kappa shape index (κ1) is 8.96. The van der Waals surface area contributed by atoms with E-state index < -0.39 is 12.1 Å². The fourth-order valence-corrected chi connectivity index (χ4v) is 0.301. The van der Waals surface area contributed by atoms with Gasteiger partial charge in [0.25, 0.3) is 0 Å². The second-order valence-corrected chi connectivity index (χ2v) is 2.10. The zero-order valence-corrected chi connectivity index (χ0v) is 6.25. The molecule has 10 heavy (non-hydrogen) atoms. The molecule has 0 aromatic carbocycles. The number of amides is 1. The molecule has 0 aromatic rings. The van der Waals surface area contributed by atoms with Gasteiger partial charge in [-0.15, -0.1) is 0 Å². The zero-order chi connectivity index (χ0) is 8.15. The van der Waals surface area contributed by atoms with Crippen LogP contribution in [-0.2, 0) is 4.79 Å². The van der Waals surface area contributed by atoms with Gasteiger partial charge < -0.3 is 10.2 Å². The molecule has 0 rings (SSSR count). The lowest BCUT2D eigenvalue weighted by Gasteiger charge is -1.90. The van der Waals surface area contributed by atoms with Crippen LogP contribution in [0.5, 0.6) is 0 Å². The normalized spacial score (nSPS) is 10.7. The van der Waals surface area contributed by atoms with E-state index in [2.05, 4.69) is 15.9 Å². The summed E-state index contributed by atoms with van der Waals surface area (Å²) in [5.74, 6) is -1.23. The number of aliphatic carboxylic acids is 1. The lowest BCUT2D eigenvalue weighted by atomic mass is 10.6. The van der Waals surface area contributed by atoms with Gasteiger partial charge in [0.05, 0.1) is 0 Å². The van der Waals surface area contributed by atoms with E-state index in [0.717, 1.165) is 6.20 Å². The summed E-state index contributed by atoms with van der Waals surface area (Å²) < 4.78 is -0.241. The van der Waals surface area contributed by atoms with E-state index >= 15 is 0 Å². The Hall–Kier alpha value is -1.04. The van der Waals surface area contributed by atoms with Crippen LogP contribution in [0.15, 0.2) is 10.7 Å². The molecule has 0 spiro atoms. The van der Waals surface area contributed by atoms with Crippen molar-refractivity contribution in [1.29, 1.82) is 0 Å². The number of hydrogen-bond acceptors (Lipinski definition) is 2. The first-order chi connectivity index (χ1) is 4.54. The number of carbonyl (C=O) groups is 2. The number of halogens is 1. The summed E-state index contributed by atoms with van der Waals surface area (Å²) in [7, 11) is 0. The van der Waals surface area contributed by atoms with E-state index in [0.29, 0.717) is 0 Å². The lowest BCUT2D eigenvalue weighted by molar-refractivity contribution is -0.131. The molecule has 0 aliphatic heterocycles. The van der Waals surface area contributed by atoms with Crippen molar-refractivity contribution in [3.63, 3.8) is 0 Å². The molecule has 0 saturated carbocycles. The highest BCUT2D eigenvalue weighted by molar-refractivity contribution is 9.12. The average Bonchev–Trinajstić information content (AvgIpc) is 1.82. The van der Waals surface area contributed by atoms with Crippen LogP contribution in [0.1, 0.15) is 0 Å². The molecule has 0 bridgehead atoms. The van der Waals surface area contributed by atoms with Gasteiger partial charge in [0.15, 0.2) is 0 Å². The Morgan fingerprint density at radius 1 is 1.40 bits per heavy atom. The van der Waals surface area contributed by atoms with Crippen LogP contribution in [0.2, 0.25) is 0 Å². The summed E-state index contributed by atoms with van der Waals surface area (Å²) in [6.07, 6.45) is -0.483. The summed E-state index contributed by atoms with van der Waals surface area (Å²) in [6.45, 7) is 0. The maximum absolute atomic E-state index is 9.96. The van der Waals surface area contributed by atoms with Crippen LogP contribution in [0.25, 0.3) is 0 Å². The van der Waals surface area contributed by atoms with Crippen molar-refractivity contribution in [3.8, 4) is 0 Å². The number of hydrogen-bond donors (Lipinski definition) is 3. The van der Waals surface area contributed by atoms with E-state index in [-0.39, 0.29) is 4.48 Å². The molecule has 0 aromatic heterocycles. The van der Waals surface area contributed by atoms with E-state index in [9.17, 15) is 9.59 Å². The van der Waals surface area contributed by atoms with Crippen molar-refractivity contribution >= 4 is 28.0 Å². The standard InChI is InChI=1S/C4H4BrNO4/c5-2(3(7)8)1-6-4(9)10/h1,6H,(H,7,8)(H,9,10). The molecule has 0 unspecified atom stereocenters. The number of carboxylic acid groups (broad SMARTS) is 2. The van der Waals surface area contributed by atoms with Gasteiger partial charge in [-0.2, -0.15) is 0 Å². The molecule has 1 amide bonds. The minimum absolute atomic E-state index is 0.241. The molecule has 0 heterocycles. The van der Waals surface area contributed by atoms with E-state index in [4.69, 9.17) is 10.2 Å². The molecular formula is C4H4BrNO4. The number of carboxylic acids is 1. The molecule has 3 N–H and O–H groups in total. The fraction of sp³-hybridized carbons (Fsp3) is 0. The minimum Gasteiger partial charge on any atom is -0.477 e. The van der Waals surface area contributed by atoms with E-state index in [1.165, 1.54) is 0 Å². The van der Waals surface area contributed by atoms with E-state index in [1.54, 1.807) is 5.32 Å². The van der Waals surface area contributed by atoms with Gasteiger partial charge >= 0.3 is 12.1 Å². The summed E-state index contributed by atoms with van der Waals surface area (Å²) in [4.78, 5) is 19.7. The third-order valence-electron chi connectivity index (χ3n) is 0.527. The molecule has 0 radical (unpaired) electrons. The molecule has 56 valence electrons. The first-order valence-corrected chi connectivity index (χ1v) is 2.91. The zero-order valence-electron chi connectivity index (χ0n) is 4.67. The largest absolute Gasteiger partial charge is 0.477 e. The maximum atomic E-state index is 9.96. The average molecular weight is 210 g/mol. The van der Waals surface area contributed by atoms with Gasteiger partial charge in [-0.3, -0.25) is 5.32 Å². The van der Waals surface area contributed by atoms with Crippen LogP contribution in [0.3, 0.4) is 0 Å². The molecule has 0 aliphatic rings. The van der Waals surface area contributed by atoms with Gasteiger partial charge in [0.1, 0.15) is 4.48 Å². The number of nitrogens with one attached hydrogen (secondary N) is 1. The second kappa shape index (κ2) is 3.89. The fourth-order valence-electron chi connectivity index (χ4n) is 0.187. The molecule has 6 heteroatoms. The Morgan fingerprint density at radius 2 is 1.90 bits per heavy atom. The Balaban J connectivity index is 3.92. The Morgan fingerprint density at radius 3 is 2.20 bits per heavy atom. The molecule has 0 saturated heterocycles. The second-order valence-electron chi connectivity index (χ2n) is 1.25. The highest BCUT2D eigenvalue weighted by Gasteiger charge is 2.01. The topological polar surface area (TPSA) is 86.6 Å². The Kier molecular flexibility index (Phi) is 3.48. The Bertz CT molecular complexity index is 188. The smallest absolute Gasteiger partial charge is 0.408 e. The van der Waals surface area contributed by atoms with E-state index in [1.807, 2.05) is 0 Å². The van der Waals surface area contributed by atoms with Crippen LogP contribution >= 0.6 is 15.9 Å². The van der Waals surface area contributed by atoms with Crippen molar-refractivity contribution in [2.75, 3.05) is 0 Å². The van der Waals surface area contributed by atoms with Crippen LogP contribution < -0.4 is 5.32 Å². The molecule has 0 atom stereocenters. The van der Waals surface area contributed by atoms with Gasteiger partial charge in [-0.1, -0.05) is 0 Å². The monoisotopic (exact) mass is 209 g/mol. The Labute approximate surface area is 64.5 Å². The van der Waals surface area contributed by atoms with Crippen molar-refractivity contribution in [2.45, 2.75) is 0 Å². The minimum atomic E-state index is -1.31. The summed E-state index contributed by atoms with van der Waals surface area (Å²) in [5.41, 5.74) is 0. The first-order valence-electron chi connectivity index (χ1n) is 2.12. The van der Waals surface area contributed by atoms with Crippen LogP contribution in [0.4, 0.5) is 4.79 Å². The molecule has 5 nitrogen and oxygen atoms in total. The molecule has 0 fully saturated rings. The van der Waals surface area contributed by atoms with Crippen molar-refractivity contribution in [1.82, 2.24) is 5.32 Å². The van der Waals surface area contributed by atoms with Crippen LogP contribution in [-0.4, -0.2) is 22.3 Å². The predicted octanol–water partition coefficient (Wildman–Crippen LogP) is 0.575. The third kappa shape index (κ3) is 3.90. The maximum Gasteiger partial charge on any atom is 0.408 e. The third-order valence-corrected chi connectivity index (χ3v) is 1.09. The van der Waals surface area contributed by atoms with Gasteiger partial charge in [0.2, 0.25) is 0 Å².